The van der Waals surface area contributed by atoms with Gasteiger partial charge in [0, 0.05) is 21.4 Å². The van der Waals surface area contributed by atoms with Gasteiger partial charge in [-0.25, -0.2) is 4.79 Å². The molecule has 1 N–H and O–H groups in total. The Balaban J connectivity index is 1.86. The van der Waals surface area contributed by atoms with Crippen LogP contribution in [0, 0.1) is 0 Å². The van der Waals surface area contributed by atoms with Crippen LogP contribution in [-0.2, 0) is 9.53 Å². The molecule has 0 saturated heterocycles. The number of hydrogen-bond donors (Lipinski definition) is 1. The first-order chi connectivity index (χ1) is 12.5. The molecular formula is C21H19ClO4. The minimum atomic E-state index is -0.952. The largest absolute Gasteiger partial charge is 0.489 e. The molecule has 0 amide bonds. The van der Waals surface area contributed by atoms with Crippen LogP contribution in [0.1, 0.15) is 6.92 Å². The van der Waals surface area contributed by atoms with Gasteiger partial charge in [0.1, 0.15) is 25.1 Å². The van der Waals surface area contributed by atoms with Crippen molar-refractivity contribution in [1.29, 1.82) is 0 Å². The molecule has 0 aliphatic heterocycles. The van der Waals surface area contributed by atoms with E-state index in [1.807, 2.05) is 42.5 Å². The first-order valence-corrected chi connectivity index (χ1v) is 8.58. The zero-order valence-corrected chi connectivity index (χ0v) is 15.1. The third-order valence-corrected chi connectivity index (χ3v) is 4.19. The molecule has 134 valence electrons. The van der Waals surface area contributed by atoms with Gasteiger partial charge >= 0.3 is 5.97 Å². The van der Waals surface area contributed by atoms with Gasteiger partial charge in [-0.2, -0.15) is 0 Å². The average Bonchev–Trinajstić information content (AvgIpc) is 2.63. The third-order valence-electron chi connectivity index (χ3n) is 3.95. The topological polar surface area (TPSA) is 55.8 Å². The number of fused-ring (bicyclic) bond motifs is 2. The molecule has 3 aromatic carbocycles. The molecule has 1 atom stereocenters. The SMILES string of the molecule is C=C(C)C(=O)OCC(O)COc1c2ccccc2cc2ccc(Cl)cc12. The molecule has 0 aromatic heterocycles. The van der Waals surface area contributed by atoms with Crippen molar-refractivity contribution in [3.05, 3.63) is 65.7 Å². The van der Waals surface area contributed by atoms with Crippen LogP contribution in [0.2, 0.25) is 5.02 Å². The van der Waals surface area contributed by atoms with Gasteiger partial charge in [0.05, 0.1) is 0 Å². The average molecular weight is 371 g/mol. The van der Waals surface area contributed by atoms with E-state index >= 15 is 0 Å². The zero-order chi connectivity index (χ0) is 18.7. The molecule has 0 radical (unpaired) electrons. The molecule has 0 spiro atoms. The summed E-state index contributed by atoms with van der Waals surface area (Å²) < 4.78 is 10.9. The molecule has 26 heavy (non-hydrogen) atoms. The predicted octanol–water partition coefficient (Wildman–Crippen LogP) is 4.51. The van der Waals surface area contributed by atoms with Gasteiger partial charge in [-0.3, -0.25) is 0 Å². The van der Waals surface area contributed by atoms with E-state index in [-0.39, 0.29) is 18.8 Å². The number of hydrogen-bond acceptors (Lipinski definition) is 4. The normalized spacial score (nSPS) is 12.1. The van der Waals surface area contributed by atoms with E-state index in [9.17, 15) is 9.90 Å². The fraction of sp³-hybridized carbons (Fsp3) is 0.190. The Kier molecular flexibility index (Phi) is 5.45. The lowest BCUT2D eigenvalue weighted by molar-refractivity contribution is -0.142. The lowest BCUT2D eigenvalue weighted by atomic mass is 10.0. The Bertz CT molecular complexity index is 980. The smallest absolute Gasteiger partial charge is 0.333 e. The quantitative estimate of drug-likeness (QED) is 0.394. The number of carbonyl (C=O) groups excluding carboxylic acids is 1. The molecular weight excluding hydrogens is 352 g/mol. The van der Waals surface area contributed by atoms with Gasteiger partial charge < -0.3 is 14.6 Å². The van der Waals surface area contributed by atoms with Gasteiger partial charge in [-0.05, 0) is 35.9 Å². The maximum Gasteiger partial charge on any atom is 0.333 e. The molecule has 0 heterocycles. The standard InChI is InChI=1S/C21H19ClO4/c1-13(2)21(24)26-12-17(23)11-25-20-18-6-4-3-5-14(18)9-15-7-8-16(22)10-19(15)20/h3-10,17,23H,1,11-12H2,2H3. The van der Waals surface area contributed by atoms with Crippen LogP contribution in [0.25, 0.3) is 21.5 Å². The van der Waals surface area contributed by atoms with E-state index < -0.39 is 12.1 Å². The van der Waals surface area contributed by atoms with Crippen molar-refractivity contribution in [2.24, 2.45) is 0 Å². The van der Waals surface area contributed by atoms with Crippen LogP contribution in [-0.4, -0.2) is 30.4 Å². The van der Waals surface area contributed by atoms with Gasteiger partial charge in [0.2, 0.25) is 0 Å². The summed E-state index contributed by atoms with van der Waals surface area (Å²) in [5, 5.41) is 14.5. The highest BCUT2D eigenvalue weighted by atomic mass is 35.5. The van der Waals surface area contributed by atoms with Crippen LogP contribution >= 0.6 is 11.6 Å². The summed E-state index contributed by atoms with van der Waals surface area (Å²) in [5.41, 5.74) is 0.285. The first kappa shape index (κ1) is 18.2. The second-order valence-corrected chi connectivity index (χ2v) is 6.57. The molecule has 1 unspecified atom stereocenters. The van der Waals surface area contributed by atoms with Crippen LogP contribution < -0.4 is 4.74 Å². The van der Waals surface area contributed by atoms with Crippen molar-refractivity contribution in [3.63, 3.8) is 0 Å². The van der Waals surface area contributed by atoms with E-state index in [0.717, 1.165) is 21.5 Å². The molecule has 0 aliphatic carbocycles. The Morgan fingerprint density at radius 3 is 2.62 bits per heavy atom. The Hall–Kier alpha value is -2.56. The Labute approximate surface area is 156 Å². The summed E-state index contributed by atoms with van der Waals surface area (Å²) in [6, 6.07) is 15.5. The molecule has 4 nitrogen and oxygen atoms in total. The summed E-state index contributed by atoms with van der Waals surface area (Å²) >= 11 is 6.15. The summed E-state index contributed by atoms with van der Waals surface area (Å²) in [5.74, 6) is 0.109. The molecule has 5 heteroatoms. The molecule has 3 rings (SSSR count). The zero-order valence-electron chi connectivity index (χ0n) is 14.4. The number of carbonyl (C=O) groups is 1. The van der Waals surface area contributed by atoms with Gasteiger partial charge in [-0.1, -0.05) is 48.5 Å². The number of rotatable bonds is 6. The first-order valence-electron chi connectivity index (χ1n) is 8.20. The highest BCUT2D eigenvalue weighted by molar-refractivity contribution is 6.31. The fourth-order valence-electron chi connectivity index (χ4n) is 2.67. The van der Waals surface area contributed by atoms with E-state index in [4.69, 9.17) is 21.1 Å². The van der Waals surface area contributed by atoms with Crippen LogP contribution in [0.5, 0.6) is 5.75 Å². The van der Waals surface area contributed by atoms with Gasteiger partial charge in [0.15, 0.2) is 0 Å². The van der Waals surface area contributed by atoms with E-state index in [0.29, 0.717) is 10.8 Å². The summed E-state index contributed by atoms with van der Waals surface area (Å²) in [4.78, 5) is 11.4. The number of aliphatic hydroxyl groups excluding tert-OH is 1. The molecule has 0 fully saturated rings. The van der Waals surface area contributed by atoms with Crippen molar-refractivity contribution in [2.45, 2.75) is 13.0 Å². The lowest BCUT2D eigenvalue weighted by Gasteiger charge is -2.16. The predicted molar refractivity (Wildman–Crippen MR) is 104 cm³/mol. The third kappa shape index (κ3) is 3.98. The van der Waals surface area contributed by atoms with Crippen molar-refractivity contribution >= 4 is 39.1 Å². The van der Waals surface area contributed by atoms with Crippen LogP contribution in [0.3, 0.4) is 0 Å². The van der Waals surface area contributed by atoms with Crippen molar-refractivity contribution in [2.75, 3.05) is 13.2 Å². The van der Waals surface area contributed by atoms with E-state index in [2.05, 4.69) is 12.6 Å². The fourth-order valence-corrected chi connectivity index (χ4v) is 2.84. The van der Waals surface area contributed by atoms with E-state index in [1.165, 1.54) is 0 Å². The molecule has 0 bridgehead atoms. The van der Waals surface area contributed by atoms with Gasteiger partial charge in [0.25, 0.3) is 0 Å². The number of ether oxygens (including phenoxy) is 2. The lowest BCUT2D eigenvalue weighted by Crippen LogP contribution is -2.25. The number of halogens is 1. The summed E-state index contributed by atoms with van der Waals surface area (Å²) in [6.45, 7) is 4.88. The van der Waals surface area contributed by atoms with Crippen molar-refractivity contribution < 1.29 is 19.4 Å². The van der Waals surface area contributed by atoms with Crippen LogP contribution in [0.15, 0.2) is 60.7 Å². The second-order valence-electron chi connectivity index (χ2n) is 6.14. The number of esters is 1. The Morgan fingerprint density at radius 1 is 1.12 bits per heavy atom. The molecule has 3 aromatic rings. The molecule has 0 aliphatic rings. The van der Waals surface area contributed by atoms with Crippen molar-refractivity contribution in [1.82, 2.24) is 0 Å². The Morgan fingerprint density at radius 2 is 1.85 bits per heavy atom. The second kappa shape index (κ2) is 7.77. The maximum absolute atomic E-state index is 11.4. The van der Waals surface area contributed by atoms with E-state index in [1.54, 1.807) is 6.92 Å². The molecule has 0 saturated carbocycles. The summed E-state index contributed by atoms with van der Waals surface area (Å²) in [6.07, 6.45) is -0.952. The minimum absolute atomic E-state index is 0.0148. The highest BCUT2D eigenvalue weighted by Crippen LogP contribution is 2.36. The summed E-state index contributed by atoms with van der Waals surface area (Å²) in [7, 11) is 0. The monoisotopic (exact) mass is 370 g/mol. The highest BCUT2D eigenvalue weighted by Gasteiger charge is 2.14. The number of benzene rings is 3. The maximum atomic E-state index is 11.4. The van der Waals surface area contributed by atoms with Crippen molar-refractivity contribution in [3.8, 4) is 5.75 Å². The minimum Gasteiger partial charge on any atom is -0.489 e. The van der Waals surface area contributed by atoms with Gasteiger partial charge in [-0.15, -0.1) is 0 Å². The van der Waals surface area contributed by atoms with Crippen LogP contribution in [0.4, 0.5) is 0 Å². The number of aliphatic hydroxyl groups is 1.